The second kappa shape index (κ2) is 3.41. The minimum atomic E-state index is -0.793. The van der Waals surface area contributed by atoms with E-state index in [2.05, 4.69) is 0 Å². The van der Waals surface area contributed by atoms with Crippen LogP contribution in [0.15, 0.2) is 0 Å². The van der Waals surface area contributed by atoms with Gasteiger partial charge >= 0.3 is 5.97 Å². The second-order valence-electron chi connectivity index (χ2n) is 3.05. The van der Waals surface area contributed by atoms with E-state index in [9.17, 15) is 4.79 Å². The minimum Gasteiger partial charge on any atom is -0.481 e. The molecule has 0 aromatic rings. The van der Waals surface area contributed by atoms with Crippen molar-refractivity contribution < 1.29 is 19.4 Å². The first-order valence-corrected chi connectivity index (χ1v) is 3.96. The van der Waals surface area contributed by atoms with Crippen LogP contribution in [0, 0.1) is 5.92 Å². The molecular formula is C8H14O4. The van der Waals surface area contributed by atoms with Gasteiger partial charge in [-0.2, -0.15) is 0 Å². The Balaban J connectivity index is 2.50. The zero-order valence-electron chi connectivity index (χ0n) is 7.37. The first-order chi connectivity index (χ1) is 5.64. The molecule has 70 valence electrons. The molecule has 0 spiro atoms. The van der Waals surface area contributed by atoms with Crippen molar-refractivity contribution in [1.29, 1.82) is 0 Å². The Labute approximate surface area is 71.5 Å². The van der Waals surface area contributed by atoms with E-state index in [0.717, 1.165) is 12.8 Å². The third-order valence-electron chi connectivity index (χ3n) is 2.58. The average Bonchev–Trinajstić information content (AvgIpc) is 2.01. The van der Waals surface area contributed by atoms with Crippen LogP contribution in [-0.2, 0) is 14.3 Å². The van der Waals surface area contributed by atoms with Gasteiger partial charge in [0, 0.05) is 26.6 Å². The molecule has 1 rings (SSSR count). The number of hydrogen-bond acceptors (Lipinski definition) is 3. The zero-order valence-corrected chi connectivity index (χ0v) is 7.37. The van der Waals surface area contributed by atoms with Crippen molar-refractivity contribution in [2.24, 2.45) is 5.92 Å². The molecule has 0 radical (unpaired) electrons. The number of hydrogen-bond donors (Lipinski definition) is 1. The smallest absolute Gasteiger partial charge is 0.303 e. The lowest BCUT2D eigenvalue weighted by atomic mass is 9.76. The summed E-state index contributed by atoms with van der Waals surface area (Å²) in [5.74, 6) is -1.42. The van der Waals surface area contributed by atoms with Gasteiger partial charge in [0.05, 0.1) is 6.42 Å². The Bertz CT molecular complexity index is 168. The maximum atomic E-state index is 10.4. The van der Waals surface area contributed by atoms with E-state index in [1.54, 1.807) is 14.2 Å². The molecule has 0 amide bonds. The fourth-order valence-electron chi connectivity index (χ4n) is 1.67. The number of aliphatic carboxylic acids is 1. The summed E-state index contributed by atoms with van der Waals surface area (Å²) in [6.07, 6.45) is 1.79. The molecule has 1 atom stereocenters. The van der Waals surface area contributed by atoms with Crippen LogP contribution in [-0.4, -0.2) is 31.1 Å². The summed E-state index contributed by atoms with van der Waals surface area (Å²) in [5.41, 5.74) is 0. The fraction of sp³-hybridized carbons (Fsp3) is 0.875. The highest BCUT2D eigenvalue weighted by atomic mass is 16.7. The van der Waals surface area contributed by atoms with Gasteiger partial charge in [-0.05, 0) is 6.42 Å². The number of carbonyl (C=O) groups is 1. The molecule has 1 aliphatic carbocycles. The molecule has 0 saturated heterocycles. The van der Waals surface area contributed by atoms with E-state index >= 15 is 0 Å². The van der Waals surface area contributed by atoms with Gasteiger partial charge in [0.2, 0.25) is 0 Å². The summed E-state index contributed by atoms with van der Waals surface area (Å²) in [4.78, 5) is 10.4. The van der Waals surface area contributed by atoms with Crippen molar-refractivity contribution in [1.82, 2.24) is 0 Å². The number of carboxylic acid groups (broad SMARTS) is 1. The lowest BCUT2D eigenvalue weighted by molar-refractivity contribution is -0.287. The maximum Gasteiger partial charge on any atom is 0.303 e. The van der Waals surface area contributed by atoms with E-state index in [4.69, 9.17) is 14.6 Å². The quantitative estimate of drug-likeness (QED) is 0.642. The van der Waals surface area contributed by atoms with E-state index in [-0.39, 0.29) is 12.3 Å². The Kier molecular flexibility index (Phi) is 2.69. The van der Waals surface area contributed by atoms with Gasteiger partial charge in [-0.25, -0.2) is 0 Å². The highest BCUT2D eigenvalue weighted by Crippen LogP contribution is 2.43. The SMILES string of the molecule is COC1(OC)CCC1CC(=O)O. The molecule has 4 nitrogen and oxygen atoms in total. The first kappa shape index (κ1) is 9.48. The molecule has 0 heterocycles. The van der Waals surface area contributed by atoms with E-state index in [0.29, 0.717) is 0 Å². The summed E-state index contributed by atoms with van der Waals surface area (Å²) < 4.78 is 10.3. The monoisotopic (exact) mass is 174 g/mol. The van der Waals surface area contributed by atoms with E-state index < -0.39 is 11.8 Å². The molecule has 0 bridgehead atoms. The van der Waals surface area contributed by atoms with Crippen LogP contribution >= 0.6 is 0 Å². The lowest BCUT2D eigenvalue weighted by Gasteiger charge is -2.46. The van der Waals surface area contributed by atoms with Crippen molar-refractivity contribution in [3.63, 3.8) is 0 Å². The second-order valence-corrected chi connectivity index (χ2v) is 3.05. The molecule has 1 unspecified atom stereocenters. The average molecular weight is 174 g/mol. The standard InChI is InChI=1S/C8H14O4/c1-11-8(12-2)4-3-6(8)5-7(9)10/h6H,3-5H2,1-2H3,(H,9,10). The molecular weight excluding hydrogens is 160 g/mol. The highest BCUT2D eigenvalue weighted by Gasteiger charge is 2.48. The van der Waals surface area contributed by atoms with Crippen molar-refractivity contribution in [3.05, 3.63) is 0 Å². The van der Waals surface area contributed by atoms with Crippen molar-refractivity contribution >= 4 is 5.97 Å². The largest absolute Gasteiger partial charge is 0.481 e. The van der Waals surface area contributed by atoms with Crippen LogP contribution in [0.5, 0.6) is 0 Å². The third kappa shape index (κ3) is 1.44. The van der Waals surface area contributed by atoms with E-state index in [1.807, 2.05) is 0 Å². The van der Waals surface area contributed by atoms with Gasteiger partial charge in [0.1, 0.15) is 0 Å². The normalized spacial score (nSPS) is 26.3. The van der Waals surface area contributed by atoms with Gasteiger partial charge in [0.25, 0.3) is 0 Å². The Morgan fingerprint density at radius 1 is 1.58 bits per heavy atom. The van der Waals surface area contributed by atoms with Crippen molar-refractivity contribution in [2.45, 2.75) is 25.0 Å². The molecule has 1 aliphatic rings. The number of rotatable bonds is 4. The fourth-order valence-corrected chi connectivity index (χ4v) is 1.67. The number of methoxy groups -OCH3 is 2. The zero-order chi connectivity index (χ0) is 9.19. The van der Waals surface area contributed by atoms with Crippen LogP contribution in [0.4, 0.5) is 0 Å². The molecule has 0 aromatic carbocycles. The van der Waals surface area contributed by atoms with Crippen molar-refractivity contribution in [3.8, 4) is 0 Å². The Morgan fingerprint density at radius 3 is 2.42 bits per heavy atom. The van der Waals surface area contributed by atoms with Crippen LogP contribution in [0.2, 0.25) is 0 Å². The Hall–Kier alpha value is -0.610. The predicted octanol–water partition coefficient (Wildman–Crippen LogP) is 0.860. The van der Waals surface area contributed by atoms with Crippen LogP contribution in [0.1, 0.15) is 19.3 Å². The lowest BCUT2D eigenvalue weighted by Crippen LogP contribution is -2.51. The summed E-state index contributed by atoms with van der Waals surface area (Å²) in [6, 6.07) is 0. The highest BCUT2D eigenvalue weighted by molar-refractivity contribution is 5.67. The molecule has 0 aliphatic heterocycles. The summed E-state index contributed by atoms with van der Waals surface area (Å²) >= 11 is 0. The first-order valence-electron chi connectivity index (χ1n) is 3.96. The van der Waals surface area contributed by atoms with E-state index in [1.165, 1.54) is 0 Å². The van der Waals surface area contributed by atoms with Gasteiger partial charge < -0.3 is 14.6 Å². The Morgan fingerprint density at radius 2 is 2.17 bits per heavy atom. The predicted molar refractivity (Wildman–Crippen MR) is 41.7 cm³/mol. The molecule has 1 fully saturated rings. The molecule has 4 heteroatoms. The third-order valence-corrected chi connectivity index (χ3v) is 2.58. The summed E-state index contributed by atoms with van der Waals surface area (Å²) in [5, 5.41) is 8.56. The van der Waals surface area contributed by atoms with Crippen LogP contribution in [0.3, 0.4) is 0 Å². The minimum absolute atomic E-state index is 0.00463. The maximum absolute atomic E-state index is 10.4. The molecule has 12 heavy (non-hydrogen) atoms. The van der Waals surface area contributed by atoms with Gasteiger partial charge in [-0.1, -0.05) is 0 Å². The number of carboxylic acids is 1. The van der Waals surface area contributed by atoms with Gasteiger partial charge in [-0.3, -0.25) is 4.79 Å². The van der Waals surface area contributed by atoms with Crippen LogP contribution in [0.25, 0.3) is 0 Å². The molecule has 1 saturated carbocycles. The summed E-state index contributed by atoms with van der Waals surface area (Å²) in [6.45, 7) is 0. The van der Waals surface area contributed by atoms with Gasteiger partial charge in [0.15, 0.2) is 5.79 Å². The number of ether oxygens (including phenoxy) is 2. The van der Waals surface area contributed by atoms with Gasteiger partial charge in [-0.15, -0.1) is 0 Å². The molecule has 1 N–H and O–H groups in total. The summed E-state index contributed by atoms with van der Waals surface area (Å²) in [7, 11) is 3.11. The molecule has 0 aromatic heterocycles. The van der Waals surface area contributed by atoms with Crippen molar-refractivity contribution in [2.75, 3.05) is 14.2 Å². The topological polar surface area (TPSA) is 55.8 Å². The van der Waals surface area contributed by atoms with Crippen LogP contribution < -0.4 is 0 Å².